The second-order valence-electron chi connectivity index (χ2n) is 7.21. The van der Waals surface area contributed by atoms with Crippen LogP contribution in [-0.2, 0) is 21.2 Å². The zero-order chi connectivity index (χ0) is 19.7. The molecule has 0 spiro atoms. The van der Waals surface area contributed by atoms with E-state index in [4.69, 9.17) is 0 Å². The molecule has 1 aromatic carbocycles. The van der Waals surface area contributed by atoms with Crippen molar-refractivity contribution in [2.75, 3.05) is 39.8 Å². The van der Waals surface area contributed by atoms with E-state index in [2.05, 4.69) is 17.1 Å². The zero-order valence-corrected chi connectivity index (χ0v) is 17.4. The van der Waals surface area contributed by atoms with Crippen LogP contribution in [0.1, 0.15) is 44.6 Å². The summed E-state index contributed by atoms with van der Waals surface area (Å²) in [6.07, 6.45) is 5.08. The Hall–Kier alpha value is -1.44. The quantitative estimate of drug-likeness (QED) is 0.696. The number of carbonyl (C=O) groups is 1. The second-order valence-corrected chi connectivity index (χ2v) is 9.15. The molecule has 1 aliphatic heterocycles. The lowest BCUT2D eigenvalue weighted by atomic mass is 10.1. The van der Waals surface area contributed by atoms with Crippen molar-refractivity contribution in [3.63, 3.8) is 0 Å². The highest BCUT2D eigenvalue weighted by molar-refractivity contribution is 7.89. The molecule has 1 fully saturated rings. The molecule has 0 aliphatic carbocycles. The molecule has 0 aromatic heterocycles. The minimum atomic E-state index is -3.41. The number of amides is 1. The molecule has 2 rings (SSSR count). The van der Waals surface area contributed by atoms with Crippen molar-refractivity contribution in [1.29, 1.82) is 0 Å². The third-order valence-corrected chi connectivity index (χ3v) is 7.04. The molecular formula is C20H33N3O3S. The van der Waals surface area contributed by atoms with Crippen molar-refractivity contribution < 1.29 is 13.2 Å². The molecule has 0 atom stereocenters. The molecule has 1 heterocycles. The molecule has 1 amide bonds. The number of hydrogen-bond acceptors (Lipinski definition) is 4. The van der Waals surface area contributed by atoms with E-state index in [9.17, 15) is 13.2 Å². The van der Waals surface area contributed by atoms with Gasteiger partial charge in [-0.1, -0.05) is 31.9 Å². The van der Waals surface area contributed by atoms with Gasteiger partial charge in [-0.15, -0.1) is 0 Å². The van der Waals surface area contributed by atoms with Crippen LogP contribution >= 0.6 is 0 Å². The van der Waals surface area contributed by atoms with Crippen LogP contribution in [0.5, 0.6) is 0 Å². The van der Waals surface area contributed by atoms with Crippen LogP contribution in [-0.4, -0.2) is 63.3 Å². The maximum atomic E-state index is 12.8. The van der Waals surface area contributed by atoms with E-state index in [1.165, 1.54) is 0 Å². The standard InChI is InChI=1S/C20H33N3O3S/c1-3-22(2)17-14-21-20(24)13-10-18-8-11-19(12-9-18)27(25,26)23-15-6-4-5-7-16-23/h8-9,11-12H,3-7,10,13-17H2,1-2H3,(H,21,24). The molecule has 6 nitrogen and oxygen atoms in total. The van der Waals surface area contributed by atoms with E-state index in [0.717, 1.165) is 44.3 Å². The Bertz CT molecular complexity index is 681. The van der Waals surface area contributed by atoms with Crippen molar-refractivity contribution in [3.05, 3.63) is 29.8 Å². The average Bonchev–Trinajstić information content (AvgIpc) is 2.96. The van der Waals surface area contributed by atoms with Crippen LogP contribution in [0.4, 0.5) is 0 Å². The van der Waals surface area contributed by atoms with Crippen LogP contribution in [0.2, 0.25) is 0 Å². The van der Waals surface area contributed by atoms with E-state index >= 15 is 0 Å². The summed E-state index contributed by atoms with van der Waals surface area (Å²) < 4.78 is 27.2. The molecule has 0 bridgehead atoms. The van der Waals surface area contributed by atoms with Crippen LogP contribution in [0.3, 0.4) is 0 Å². The van der Waals surface area contributed by atoms with Crippen LogP contribution in [0.15, 0.2) is 29.2 Å². The number of sulfonamides is 1. The molecule has 7 heteroatoms. The van der Waals surface area contributed by atoms with Gasteiger partial charge in [0.25, 0.3) is 0 Å². The highest BCUT2D eigenvalue weighted by Crippen LogP contribution is 2.21. The minimum absolute atomic E-state index is 0.0285. The van der Waals surface area contributed by atoms with E-state index < -0.39 is 10.0 Å². The Morgan fingerprint density at radius 1 is 1.11 bits per heavy atom. The number of nitrogens with zero attached hydrogens (tertiary/aromatic N) is 2. The largest absolute Gasteiger partial charge is 0.355 e. The number of nitrogens with one attached hydrogen (secondary N) is 1. The maximum Gasteiger partial charge on any atom is 0.243 e. The fraction of sp³-hybridized carbons (Fsp3) is 0.650. The van der Waals surface area contributed by atoms with Gasteiger partial charge in [-0.3, -0.25) is 4.79 Å². The van der Waals surface area contributed by atoms with Gasteiger partial charge in [0.05, 0.1) is 4.90 Å². The first-order chi connectivity index (χ1) is 12.9. The third kappa shape index (κ3) is 6.90. The Balaban J connectivity index is 1.84. The third-order valence-electron chi connectivity index (χ3n) is 5.12. The molecule has 27 heavy (non-hydrogen) atoms. The molecule has 1 aliphatic rings. The van der Waals surface area contributed by atoms with Crippen LogP contribution in [0.25, 0.3) is 0 Å². The Kier molecular flexibility index (Phi) is 8.73. The fourth-order valence-electron chi connectivity index (χ4n) is 3.15. The Morgan fingerprint density at radius 2 is 1.74 bits per heavy atom. The smallest absolute Gasteiger partial charge is 0.243 e. The Labute approximate surface area is 164 Å². The lowest BCUT2D eigenvalue weighted by Gasteiger charge is -2.20. The molecule has 0 unspecified atom stereocenters. The molecular weight excluding hydrogens is 362 g/mol. The van der Waals surface area contributed by atoms with Gasteiger partial charge in [-0.05, 0) is 50.6 Å². The molecule has 1 aromatic rings. The van der Waals surface area contributed by atoms with E-state index in [0.29, 0.717) is 37.4 Å². The highest BCUT2D eigenvalue weighted by Gasteiger charge is 2.24. The topological polar surface area (TPSA) is 69.7 Å². The van der Waals surface area contributed by atoms with Gasteiger partial charge in [-0.25, -0.2) is 8.42 Å². The summed E-state index contributed by atoms with van der Waals surface area (Å²) in [6.45, 7) is 5.75. The molecule has 0 saturated carbocycles. The van der Waals surface area contributed by atoms with Crippen molar-refractivity contribution in [3.8, 4) is 0 Å². The van der Waals surface area contributed by atoms with Crippen molar-refractivity contribution in [2.45, 2.75) is 50.3 Å². The van der Waals surface area contributed by atoms with E-state index in [1.807, 2.05) is 19.2 Å². The summed E-state index contributed by atoms with van der Waals surface area (Å²) in [5.41, 5.74) is 0.977. The maximum absolute atomic E-state index is 12.8. The number of hydrogen-bond donors (Lipinski definition) is 1. The van der Waals surface area contributed by atoms with Gasteiger partial charge in [0.1, 0.15) is 0 Å². The van der Waals surface area contributed by atoms with Crippen molar-refractivity contribution >= 4 is 15.9 Å². The molecule has 0 radical (unpaired) electrons. The number of carbonyl (C=O) groups excluding carboxylic acids is 1. The summed E-state index contributed by atoms with van der Waals surface area (Å²) in [4.78, 5) is 14.4. The van der Waals surface area contributed by atoms with Gasteiger partial charge < -0.3 is 10.2 Å². The van der Waals surface area contributed by atoms with Crippen molar-refractivity contribution in [2.24, 2.45) is 0 Å². The van der Waals surface area contributed by atoms with Crippen molar-refractivity contribution in [1.82, 2.24) is 14.5 Å². The number of benzene rings is 1. The number of rotatable bonds is 9. The van der Waals surface area contributed by atoms with E-state index in [1.54, 1.807) is 16.4 Å². The van der Waals surface area contributed by atoms with Gasteiger partial charge in [-0.2, -0.15) is 4.31 Å². The van der Waals surface area contributed by atoms with Crippen LogP contribution in [0, 0.1) is 0 Å². The molecule has 1 N–H and O–H groups in total. The summed E-state index contributed by atoms with van der Waals surface area (Å²) in [5.74, 6) is 0.0285. The normalized spacial score (nSPS) is 16.3. The lowest BCUT2D eigenvalue weighted by Crippen LogP contribution is -2.33. The summed E-state index contributed by atoms with van der Waals surface area (Å²) >= 11 is 0. The average molecular weight is 396 g/mol. The summed E-state index contributed by atoms with van der Waals surface area (Å²) in [5, 5.41) is 2.92. The number of likely N-dealkylation sites (N-methyl/N-ethyl adjacent to an activating group) is 1. The van der Waals surface area contributed by atoms with Gasteiger partial charge in [0, 0.05) is 32.6 Å². The summed E-state index contributed by atoms with van der Waals surface area (Å²) in [7, 11) is -1.39. The minimum Gasteiger partial charge on any atom is -0.355 e. The monoisotopic (exact) mass is 395 g/mol. The Morgan fingerprint density at radius 3 is 2.33 bits per heavy atom. The molecule has 152 valence electrons. The summed E-state index contributed by atoms with van der Waals surface area (Å²) in [6, 6.07) is 6.99. The first-order valence-electron chi connectivity index (χ1n) is 9.98. The SMILES string of the molecule is CCN(C)CCNC(=O)CCc1ccc(S(=O)(=O)N2CCCCCC2)cc1. The predicted octanol–water partition coefficient (Wildman–Crippen LogP) is 2.25. The molecule has 1 saturated heterocycles. The van der Waals surface area contributed by atoms with Gasteiger partial charge in [0.15, 0.2) is 0 Å². The van der Waals surface area contributed by atoms with Gasteiger partial charge in [0.2, 0.25) is 15.9 Å². The highest BCUT2D eigenvalue weighted by atomic mass is 32.2. The number of aryl methyl sites for hydroxylation is 1. The zero-order valence-electron chi connectivity index (χ0n) is 16.6. The van der Waals surface area contributed by atoms with Crippen LogP contribution < -0.4 is 5.32 Å². The predicted molar refractivity (Wildman–Crippen MR) is 108 cm³/mol. The first kappa shape index (κ1) is 21.9. The van der Waals surface area contributed by atoms with E-state index in [-0.39, 0.29) is 5.91 Å². The lowest BCUT2D eigenvalue weighted by molar-refractivity contribution is -0.121. The van der Waals surface area contributed by atoms with Gasteiger partial charge >= 0.3 is 0 Å². The fourth-order valence-corrected chi connectivity index (χ4v) is 4.67. The second kappa shape index (κ2) is 10.8. The first-order valence-corrected chi connectivity index (χ1v) is 11.4.